The van der Waals surface area contributed by atoms with Crippen LogP contribution in [0.4, 0.5) is 9.18 Å². The maximum atomic E-state index is 14.0. The van der Waals surface area contributed by atoms with Crippen LogP contribution in [0.3, 0.4) is 0 Å². The molecule has 8 nitrogen and oxygen atoms in total. The number of hydrogen-bond acceptors (Lipinski definition) is 6. The summed E-state index contributed by atoms with van der Waals surface area (Å²) in [7, 11) is -2.04. The van der Waals surface area contributed by atoms with Gasteiger partial charge in [0.2, 0.25) is 0 Å². The minimum absolute atomic E-state index is 0.0353. The Morgan fingerprint density at radius 2 is 1.77 bits per heavy atom. The molecule has 0 aliphatic rings. The van der Waals surface area contributed by atoms with Crippen LogP contribution in [0.5, 0.6) is 11.6 Å². The molecule has 1 atom stereocenters. The average molecular weight is 577 g/mol. The second kappa shape index (κ2) is 12.1. The van der Waals surface area contributed by atoms with E-state index < -0.39 is 25.8 Å². The summed E-state index contributed by atoms with van der Waals surface area (Å²) in [5.41, 5.74) is 1.16. The Balaban J connectivity index is 1.71. The zero-order valence-electron chi connectivity index (χ0n) is 23.8. The molecule has 11 heteroatoms. The Hall–Kier alpha value is -2.95. The lowest BCUT2D eigenvalue weighted by Gasteiger charge is -2.37. The first-order valence-electron chi connectivity index (χ1n) is 12.8. The van der Waals surface area contributed by atoms with Gasteiger partial charge in [0.1, 0.15) is 11.4 Å². The standard InChI is InChI=1S/C28H38ClFN4O4Si/c1-27(2,3)38-26(35)33-22(18-36-39(7,8)28(4,5)6)17-34-16-20(14-32-34)19-9-11-23(12-10-19)37-25-24(30)13-21(29)15-31-25/h9-16,22H,17-18H2,1-8H3,(H,33,35). The van der Waals surface area contributed by atoms with E-state index in [1.807, 2.05) is 39.1 Å². The molecule has 1 aromatic carbocycles. The van der Waals surface area contributed by atoms with Gasteiger partial charge in [0.05, 0.1) is 30.4 Å². The molecule has 0 radical (unpaired) electrons. The Morgan fingerprint density at radius 1 is 1.10 bits per heavy atom. The molecule has 0 aliphatic carbocycles. The molecule has 39 heavy (non-hydrogen) atoms. The average Bonchev–Trinajstić information content (AvgIpc) is 3.26. The topological polar surface area (TPSA) is 87.5 Å². The summed E-state index contributed by atoms with van der Waals surface area (Å²) in [4.78, 5) is 16.4. The molecular formula is C28H38ClFN4O4Si. The van der Waals surface area contributed by atoms with Crippen LogP contribution in [-0.2, 0) is 15.7 Å². The summed E-state index contributed by atoms with van der Waals surface area (Å²) >= 11 is 5.75. The van der Waals surface area contributed by atoms with Crippen LogP contribution in [0.1, 0.15) is 41.5 Å². The second-order valence-corrected chi connectivity index (χ2v) is 17.2. The van der Waals surface area contributed by atoms with Crippen LogP contribution in [0, 0.1) is 5.82 Å². The van der Waals surface area contributed by atoms with Crippen LogP contribution in [0.2, 0.25) is 23.2 Å². The Labute approximate surface area is 236 Å². The zero-order valence-corrected chi connectivity index (χ0v) is 25.6. The van der Waals surface area contributed by atoms with Gasteiger partial charge in [0.15, 0.2) is 14.1 Å². The molecule has 0 saturated heterocycles. The number of aromatic nitrogens is 3. The molecule has 0 fully saturated rings. The highest BCUT2D eigenvalue weighted by atomic mass is 35.5. The van der Waals surface area contributed by atoms with Crippen molar-refractivity contribution in [1.29, 1.82) is 0 Å². The molecule has 1 amide bonds. The van der Waals surface area contributed by atoms with E-state index in [0.29, 0.717) is 18.9 Å². The van der Waals surface area contributed by atoms with Crippen molar-refractivity contribution in [3.8, 4) is 22.8 Å². The fraction of sp³-hybridized carbons (Fsp3) is 0.464. The van der Waals surface area contributed by atoms with Crippen molar-refractivity contribution < 1.29 is 23.1 Å². The number of pyridine rings is 1. The fourth-order valence-corrected chi connectivity index (χ4v) is 4.48. The van der Waals surface area contributed by atoms with E-state index in [1.165, 1.54) is 6.20 Å². The van der Waals surface area contributed by atoms with E-state index in [-0.39, 0.29) is 22.0 Å². The molecule has 2 heterocycles. The van der Waals surface area contributed by atoms with Crippen LogP contribution < -0.4 is 10.1 Å². The van der Waals surface area contributed by atoms with Crippen molar-refractivity contribution >= 4 is 26.0 Å². The summed E-state index contributed by atoms with van der Waals surface area (Å²) in [6.45, 7) is 17.1. The molecule has 0 bridgehead atoms. The number of ether oxygens (including phenoxy) is 2. The smallest absolute Gasteiger partial charge is 0.408 e. The van der Waals surface area contributed by atoms with Crippen LogP contribution in [-0.4, -0.2) is 47.4 Å². The lowest BCUT2D eigenvalue weighted by atomic mass is 10.1. The highest BCUT2D eigenvalue weighted by Crippen LogP contribution is 2.36. The van der Waals surface area contributed by atoms with E-state index >= 15 is 0 Å². The normalized spacial score (nSPS) is 13.2. The van der Waals surface area contributed by atoms with Crippen LogP contribution in [0.25, 0.3) is 11.1 Å². The summed E-state index contributed by atoms with van der Waals surface area (Å²) < 4.78 is 33.2. The Bertz CT molecular complexity index is 1270. The molecular weight excluding hydrogens is 539 g/mol. The number of amides is 1. The van der Waals surface area contributed by atoms with Crippen molar-refractivity contribution in [2.75, 3.05) is 6.61 Å². The lowest BCUT2D eigenvalue weighted by Crippen LogP contribution is -2.48. The van der Waals surface area contributed by atoms with Gasteiger partial charge in [-0.3, -0.25) is 4.68 Å². The van der Waals surface area contributed by atoms with Gasteiger partial charge < -0.3 is 19.2 Å². The van der Waals surface area contributed by atoms with Crippen LogP contribution in [0.15, 0.2) is 48.9 Å². The highest BCUT2D eigenvalue weighted by molar-refractivity contribution is 6.74. The molecule has 1 unspecified atom stereocenters. The molecule has 212 valence electrons. The van der Waals surface area contributed by atoms with Crippen molar-refractivity contribution in [3.05, 3.63) is 59.8 Å². The minimum atomic E-state index is -2.04. The third kappa shape index (κ3) is 9.05. The van der Waals surface area contributed by atoms with E-state index in [0.717, 1.165) is 17.2 Å². The van der Waals surface area contributed by atoms with Gasteiger partial charge in [0, 0.05) is 18.0 Å². The molecule has 3 rings (SSSR count). The molecule has 0 aliphatic heterocycles. The first-order valence-corrected chi connectivity index (χ1v) is 16.1. The van der Waals surface area contributed by atoms with Gasteiger partial charge in [-0.1, -0.05) is 44.5 Å². The van der Waals surface area contributed by atoms with Crippen molar-refractivity contribution in [2.24, 2.45) is 0 Å². The molecule has 0 spiro atoms. The summed E-state index contributed by atoms with van der Waals surface area (Å²) in [5.74, 6) is -0.354. The van der Waals surface area contributed by atoms with Gasteiger partial charge in [-0.25, -0.2) is 14.2 Å². The third-order valence-corrected chi connectivity index (χ3v) is 11.1. The number of alkyl carbamates (subject to hydrolysis) is 1. The van der Waals surface area contributed by atoms with E-state index in [9.17, 15) is 9.18 Å². The zero-order chi connectivity index (χ0) is 29.0. The Kier molecular flexibility index (Phi) is 9.46. The number of carbonyl (C=O) groups excluding carboxylic acids is 1. The number of nitrogens with zero attached hydrogens (tertiary/aromatic N) is 3. The van der Waals surface area contributed by atoms with Gasteiger partial charge >= 0.3 is 6.09 Å². The van der Waals surface area contributed by atoms with Gasteiger partial charge in [-0.2, -0.15) is 5.10 Å². The number of nitrogens with one attached hydrogen (secondary N) is 1. The van der Waals surface area contributed by atoms with Gasteiger partial charge in [-0.15, -0.1) is 0 Å². The minimum Gasteiger partial charge on any atom is -0.444 e. The predicted molar refractivity (Wildman–Crippen MR) is 153 cm³/mol. The molecule has 0 saturated carbocycles. The first kappa shape index (κ1) is 30.6. The summed E-state index contributed by atoms with van der Waals surface area (Å²) in [5, 5.41) is 7.67. The van der Waals surface area contributed by atoms with E-state index in [2.05, 4.69) is 49.3 Å². The second-order valence-electron chi connectivity index (χ2n) is 11.9. The fourth-order valence-electron chi connectivity index (χ4n) is 3.28. The highest BCUT2D eigenvalue weighted by Gasteiger charge is 2.38. The quantitative estimate of drug-likeness (QED) is 0.266. The maximum Gasteiger partial charge on any atom is 0.408 e. The summed E-state index contributed by atoms with van der Waals surface area (Å²) in [6, 6.07) is 7.95. The summed E-state index contributed by atoms with van der Waals surface area (Å²) in [6.07, 6.45) is 4.47. The van der Waals surface area contributed by atoms with E-state index in [1.54, 1.807) is 23.0 Å². The molecule has 1 N–H and O–H groups in total. The number of halogens is 2. The number of hydrogen-bond donors (Lipinski definition) is 1. The lowest BCUT2D eigenvalue weighted by molar-refractivity contribution is 0.0477. The predicted octanol–water partition coefficient (Wildman–Crippen LogP) is 7.45. The maximum absolute atomic E-state index is 14.0. The monoisotopic (exact) mass is 576 g/mol. The first-order chi connectivity index (χ1) is 18.0. The number of rotatable bonds is 9. The molecule has 2 aromatic heterocycles. The van der Waals surface area contributed by atoms with Gasteiger partial charge in [0.25, 0.3) is 5.88 Å². The van der Waals surface area contributed by atoms with Gasteiger partial charge in [-0.05, 0) is 62.7 Å². The van der Waals surface area contributed by atoms with E-state index in [4.69, 9.17) is 25.5 Å². The SMILES string of the molecule is CC(C)(C)OC(=O)NC(CO[Si](C)(C)C(C)(C)C)Cn1cc(-c2ccc(Oc3ncc(Cl)cc3F)cc2)cn1. The number of benzene rings is 1. The van der Waals surface area contributed by atoms with Crippen molar-refractivity contribution in [1.82, 2.24) is 20.1 Å². The van der Waals surface area contributed by atoms with Crippen molar-refractivity contribution in [2.45, 2.75) is 77.9 Å². The third-order valence-electron chi connectivity index (χ3n) is 6.39. The Morgan fingerprint density at radius 3 is 2.36 bits per heavy atom. The van der Waals surface area contributed by atoms with Crippen LogP contribution >= 0.6 is 11.6 Å². The largest absolute Gasteiger partial charge is 0.444 e. The number of carbonyl (C=O) groups is 1. The van der Waals surface area contributed by atoms with Crippen molar-refractivity contribution in [3.63, 3.8) is 0 Å². The molecule has 3 aromatic rings.